The minimum absolute atomic E-state index is 0.0970. The molecule has 2 N–H and O–H groups in total. The van der Waals surface area contributed by atoms with E-state index in [9.17, 15) is 0 Å². The highest BCUT2D eigenvalue weighted by Gasteiger charge is 2.37. The van der Waals surface area contributed by atoms with Crippen molar-refractivity contribution in [3.8, 4) is 0 Å². The lowest BCUT2D eigenvalue weighted by molar-refractivity contribution is 0.134. The average Bonchev–Trinajstić information content (AvgIpc) is 2.32. The van der Waals surface area contributed by atoms with Gasteiger partial charge in [-0.25, -0.2) is 0 Å². The van der Waals surface area contributed by atoms with Crippen LogP contribution in [0, 0.1) is 25.2 Å². The van der Waals surface area contributed by atoms with Crippen LogP contribution in [0.2, 0.25) is 0 Å². The zero-order valence-electron chi connectivity index (χ0n) is 13.2. The Labute approximate surface area is 118 Å². The Morgan fingerprint density at radius 2 is 1.63 bits per heavy atom. The Morgan fingerprint density at radius 1 is 1.05 bits per heavy atom. The molecule has 0 aliphatic heterocycles. The molecule has 0 amide bonds. The fraction of sp³-hybridized carbons (Fsp3) is 0.667. The molecule has 0 spiro atoms. The van der Waals surface area contributed by atoms with Crippen LogP contribution in [0.1, 0.15) is 63.1 Å². The molecular weight excluding hydrogens is 230 g/mol. The summed E-state index contributed by atoms with van der Waals surface area (Å²) in [5.41, 5.74) is 11.1. The van der Waals surface area contributed by atoms with Gasteiger partial charge < -0.3 is 5.73 Å². The van der Waals surface area contributed by atoms with E-state index in [2.05, 4.69) is 52.8 Å². The van der Waals surface area contributed by atoms with Gasteiger partial charge in [0.1, 0.15) is 0 Å². The van der Waals surface area contributed by atoms with E-state index in [1.165, 1.54) is 29.5 Å². The van der Waals surface area contributed by atoms with Crippen LogP contribution >= 0.6 is 0 Å². The SMILES string of the molecule is Cc1ccc(C2(N)CCC(C(C)(C)C)CC2)cc1C. The number of hydrogen-bond donors (Lipinski definition) is 1. The molecule has 1 heteroatoms. The Morgan fingerprint density at radius 3 is 2.11 bits per heavy atom. The molecule has 1 saturated carbocycles. The van der Waals surface area contributed by atoms with Gasteiger partial charge in [-0.3, -0.25) is 0 Å². The Kier molecular flexibility index (Phi) is 3.79. The second kappa shape index (κ2) is 4.94. The molecule has 0 unspecified atom stereocenters. The number of benzene rings is 1. The third kappa shape index (κ3) is 3.02. The van der Waals surface area contributed by atoms with E-state index in [0.29, 0.717) is 5.41 Å². The van der Waals surface area contributed by atoms with Crippen LogP contribution in [0.5, 0.6) is 0 Å². The quantitative estimate of drug-likeness (QED) is 0.777. The van der Waals surface area contributed by atoms with Gasteiger partial charge in [0.05, 0.1) is 0 Å². The molecule has 0 heterocycles. The number of rotatable bonds is 1. The summed E-state index contributed by atoms with van der Waals surface area (Å²) < 4.78 is 0. The normalized spacial score (nSPS) is 28.4. The van der Waals surface area contributed by atoms with Gasteiger partial charge in [0.15, 0.2) is 0 Å². The van der Waals surface area contributed by atoms with E-state index in [1.54, 1.807) is 0 Å². The van der Waals surface area contributed by atoms with E-state index >= 15 is 0 Å². The highest BCUT2D eigenvalue weighted by molar-refractivity contribution is 5.34. The summed E-state index contributed by atoms with van der Waals surface area (Å²) in [6.45, 7) is 11.4. The second-order valence-electron chi connectivity index (χ2n) is 7.60. The van der Waals surface area contributed by atoms with E-state index < -0.39 is 0 Å². The van der Waals surface area contributed by atoms with Crippen LogP contribution in [0.15, 0.2) is 18.2 Å². The maximum Gasteiger partial charge on any atom is 0.0409 e. The van der Waals surface area contributed by atoms with Gasteiger partial charge in [0.2, 0.25) is 0 Å². The number of hydrogen-bond acceptors (Lipinski definition) is 1. The van der Waals surface area contributed by atoms with Crippen LogP contribution in [0.4, 0.5) is 0 Å². The lowest BCUT2D eigenvalue weighted by atomic mass is 9.66. The monoisotopic (exact) mass is 259 g/mol. The topological polar surface area (TPSA) is 26.0 Å². The van der Waals surface area contributed by atoms with Crippen molar-refractivity contribution in [2.75, 3.05) is 0 Å². The summed E-state index contributed by atoms with van der Waals surface area (Å²) in [6, 6.07) is 6.75. The molecule has 0 radical (unpaired) electrons. The predicted molar refractivity (Wildman–Crippen MR) is 83.2 cm³/mol. The lowest BCUT2D eigenvalue weighted by Gasteiger charge is -2.42. The first-order valence-corrected chi connectivity index (χ1v) is 7.59. The molecule has 1 fully saturated rings. The summed E-state index contributed by atoms with van der Waals surface area (Å²) in [5.74, 6) is 0.815. The van der Waals surface area contributed by atoms with E-state index in [1.807, 2.05) is 0 Å². The minimum Gasteiger partial charge on any atom is -0.321 e. The molecule has 2 rings (SSSR count). The zero-order chi connectivity index (χ0) is 14.3. The van der Waals surface area contributed by atoms with Gasteiger partial charge >= 0.3 is 0 Å². The number of aryl methyl sites for hydroxylation is 2. The van der Waals surface area contributed by atoms with Gasteiger partial charge in [-0.05, 0) is 67.6 Å². The second-order valence-corrected chi connectivity index (χ2v) is 7.60. The zero-order valence-corrected chi connectivity index (χ0v) is 13.2. The summed E-state index contributed by atoms with van der Waals surface area (Å²) in [4.78, 5) is 0. The summed E-state index contributed by atoms with van der Waals surface area (Å²) in [7, 11) is 0. The first-order valence-electron chi connectivity index (χ1n) is 7.59. The van der Waals surface area contributed by atoms with Crippen molar-refractivity contribution in [3.63, 3.8) is 0 Å². The molecule has 0 bridgehead atoms. The molecule has 106 valence electrons. The van der Waals surface area contributed by atoms with Gasteiger partial charge in [-0.2, -0.15) is 0 Å². The van der Waals surface area contributed by atoms with Crippen molar-refractivity contribution in [2.24, 2.45) is 17.1 Å². The van der Waals surface area contributed by atoms with E-state index in [0.717, 1.165) is 18.8 Å². The largest absolute Gasteiger partial charge is 0.321 e. The molecule has 0 saturated heterocycles. The molecule has 19 heavy (non-hydrogen) atoms. The van der Waals surface area contributed by atoms with Crippen molar-refractivity contribution in [1.29, 1.82) is 0 Å². The van der Waals surface area contributed by atoms with Crippen LogP contribution < -0.4 is 5.73 Å². The molecule has 1 aromatic carbocycles. The number of nitrogens with two attached hydrogens (primary N) is 1. The molecule has 0 aromatic heterocycles. The van der Waals surface area contributed by atoms with Crippen molar-refractivity contribution in [2.45, 2.75) is 65.8 Å². The minimum atomic E-state index is -0.0970. The average molecular weight is 259 g/mol. The fourth-order valence-corrected chi connectivity index (χ4v) is 3.34. The van der Waals surface area contributed by atoms with E-state index in [-0.39, 0.29) is 5.54 Å². The smallest absolute Gasteiger partial charge is 0.0409 e. The Bertz CT molecular complexity index is 445. The predicted octanol–water partition coefficient (Wildman–Crippen LogP) is 4.69. The van der Waals surface area contributed by atoms with Crippen LogP contribution in [0.25, 0.3) is 0 Å². The van der Waals surface area contributed by atoms with Crippen molar-refractivity contribution < 1.29 is 0 Å². The maximum absolute atomic E-state index is 6.70. The van der Waals surface area contributed by atoms with E-state index in [4.69, 9.17) is 5.73 Å². The van der Waals surface area contributed by atoms with Crippen LogP contribution in [-0.2, 0) is 5.54 Å². The molecule has 1 nitrogen and oxygen atoms in total. The summed E-state index contributed by atoms with van der Waals surface area (Å²) in [6.07, 6.45) is 4.76. The molecule has 1 aliphatic rings. The molecular formula is C18H29N. The third-order valence-corrected chi connectivity index (χ3v) is 5.18. The van der Waals surface area contributed by atoms with Crippen molar-refractivity contribution in [3.05, 3.63) is 34.9 Å². The maximum atomic E-state index is 6.70. The van der Waals surface area contributed by atoms with Gasteiger partial charge in [0, 0.05) is 5.54 Å². The Hall–Kier alpha value is -0.820. The van der Waals surface area contributed by atoms with Crippen molar-refractivity contribution in [1.82, 2.24) is 0 Å². The third-order valence-electron chi connectivity index (χ3n) is 5.18. The summed E-state index contributed by atoms with van der Waals surface area (Å²) in [5, 5.41) is 0. The fourth-order valence-electron chi connectivity index (χ4n) is 3.34. The van der Waals surface area contributed by atoms with Gasteiger partial charge in [0.25, 0.3) is 0 Å². The van der Waals surface area contributed by atoms with Crippen LogP contribution in [-0.4, -0.2) is 0 Å². The standard InChI is InChI=1S/C18H29N/c1-13-6-7-16(12-14(13)2)18(19)10-8-15(9-11-18)17(3,4)5/h6-7,12,15H,8-11,19H2,1-5H3. The highest BCUT2D eigenvalue weighted by Crippen LogP contribution is 2.44. The summed E-state index contributed by atoms with van der Waals surface area (Å²) >= 11 is 0. The highest BCUT2D eigenvalue weighted by atomic mass is 14.7. The molecule has 1 aromatic rings. The lowest BCUT2D eigenvalue weighted by Crippen LogP contribution is -2.42. The Balaban J connectivity index is 2.15. The molecule has 0 atom stereocenters. The van der Waals surface area contributed by atoms with Crippen LogP contribution in [0.3, 0.4) is 0 Å². The van der Waals surface area contributed by atoms with Crippen molar-refractivity contribution >= 4 is 0 Å². The first kappa shape index (κ1) is 14.6. The van der Waals surface area contributed by atoms with Gasteiger partial charge in [-0.15, -0.1) is 0 Å². The van der Waals surface area contributed by atoms with Gasteiger partial charge in [-0.1, -0.05) is 39.0 Å². The first-order chi connectivity index (χ1) is 8.72. The molecule has 1 aliphatic carbocycles.